The van der Waals surface area contributed by atoms with Gasteiger partial charge in [-0.1, -0.05) is 0 Å². The molecule has 1 saturated heterocycles. The van der Waals surface area contributed by atoms with E-state index in [9.17, 15) is 8.42 Å². The third kappa shape index (κ3) is 3.70. The molecule has 3 fully saturated rings. The predicted molar refractivity (Wildman–Crippen MR) is 76.9 cm³/mol. The van der Waals surface area contributed by atoms with Crippen LogP contribution in [0.3, 0.4) is 0 Å². The van der Waals surface area contributed by atoms with Crippen LogP contribution < -0.4 is 5.32 Å². The highest BCUT2D eigenvalue weighted by Gasteiger charge is 2.41. The Morgan fingerprint density at radius 2 is 1.79 bits per heavy atom. The van der Waals surface area contributed by atoms with Gasteiger partial charge in [-0.25, -0.2) is 8.42 Å². The number of sulfone groups is 1. The second-order valence-electron chi connectivity index (χ2n) is 6.69. The lowest BCUT2D eigenvalue weighted by Gasteiger charge is -2.25. The van der Waals surface area contributed by atoms with Gasteiger partial charge in [0.25, 0.3) is 0 Å². The number of hydrogen-bond donors (Lipinski definition) is 1. The Hall–Kier alpha value is -0.130. The first-order chi connectivity index (χ1) is 9.05. The van der Waals surface area contributed by atoms with Gasteiger partial charge in [-0.15, -0.1) is 0 Å². The Labute approximate surface area is 116 Å². The van der Waals surface area contributed by atoms with E-state index in [0.717, 1.165) is 37.4 Å². The largest absolute Gasteiger partial charge is 0.312 e. The van der Waals surface area contributed by atoms with Crippen LogP contribution in [0.5, 0.6) is 0 Å². The fraction of sp³-hybridized carbons (Fsp3) is 1.00. The maximum Gasteiger partial charge on any atom is 0.151 e. The zero-order chi connectivity index (χ0) is 13.5. The molecule has 0 radical (unpaired) electrons. The molecule has 19 heavy (non-hydrogen) atoms. The Morgan fingerprint density at radius 1 is 1.16 bits per heavy atom. The number of nitrogens with zero attached hydrogens (tertiary/aromatic N) is 1. The molecule has 0 aromatic rings. The molecule has 3 aliphatic rings. The maximum absolute atomic E-state index is 11.5. The van der Waals surface area contributed by atoms with Crippen molar-refractivity contribution in [2.45, 2.75) is 44.2 Å². The molecule has 1 atom stereocenters. The molecule has 2 saturated carbocycles. The SMILES string of the molecule is CN(CCNC(C1CC1)C1CC1)C1CCS(=O)(=O)C1. The summed E-state index contributed by atoms with van der Waals surface area (Å²) in [7, 11) is -0.685. The van der Waals surface area contributed by atoms with Crippen LogP contribution in [0.15, 0.2) is 0 Å². The van der Waals surface area contributed by atoms with Crippen LogP contribution >= 0.6 is 0 Å². The van der Waals surface area contributed by atoms with Crippen molar-refractivity contribution in [3.05, 3.63) is 0 Å². The molecule has 1 heterocycles. The molecule has 5 heteroatoms. The second kappa shape index (κ2) is 5.34. The number of rotatable bonds is 7. The van der Waals surface area contributed by atoms with Crippen LogP contribution in [0, 0.1) is 11.8 Å². The monoisotopic (exact) mass is 286 g/mol. The van der Waals surface area contributed by atoms with Gasteiger partial charge in [0.2, 0.25) is 0 Å². The minimum Gasteiger partial charge on any atom is -0.312 e. The van der Waals surface area contributed by atoms with Crippen LogP contribution in [0.4, 0.5) is 0 Å². The molecule has 0 spiro atoms. The Kier molecular flexibility index (Phi) is 3.89. The molecule has 0 amide bonds. The fourth-order valence-electron chi connectivity index (χ4n) is 3.34. The van der Waals surface area contributed by atoms with Crippen molar-refractivity contribution in [2.24, 2.45) is 11.8 Å². The standard InChI is InChI=1S/C14H26N2O2S/c1-16(13-6-9-19(17,18)10-13)8-7-15-14(11-2-3-11)12-4-5-12/h11-15H,2-10H2,1H3. The van der Waals surface area contributed by atoms with E-state index in [1.165, 1.54) is 25.7 Å². The summed E-state index contributed by atoms with van der Waals surface area (Å²) in [5.41, 5.74) is 0. The van der Waals surface area contributed by atoms with E-state index in [4.69, 9.17) is 0 Å². The summed E-state index contributed by atoms with van der Waals surface area (Å²) in [6, 6.07) is 0.993. The van der Waals surface area contributed by atoms with Gasteiger partial charge >= 0.3 is 0 Å². The highest BCUT2D eigenvalue weighted by Crippen LogP contribution is 2.44. The van der Waals surface area contributed by atoms with Gasteiger partial charge in [0.15, 0.2) is 9.84 Å². The van der Waals surface area contributed by atoms with Crippen LogP contribution in [0.2, 0.25) is 0 Å². The summed E-state index contributed by atoms with van der Waals surface area (Å²) in [6.07, 6.45) is 6.44. The molecule has 110 valence electrons. The topological polar surface area (TPSA) is 49.4 Å². The van der Waals surface area contributed by atoms with Gasteiger partial charge in [-0.3, -0.25) is 0 Å². The molecule has 0 bridgehead atoms. The highest BCUT2D eigenvalue weighted by molar-refractivity contribution is 7.91. The van der Waals surface area contributed by atoms with Crippen LogP contribution in [-0.4, -0.2) is 57.0 Å². The average molecular weight is 286 g/mol. The summed E-state index contributed by atoms with van der Waals surface area (Å²) in [5, 5.41) is 3.73. The third-order valence-electron chi connectivity index (χ3n) is 4.94. The maximum atomic E-state index is 11.5. The smallest absolute Gasteiger partial charge is 0.151 e. The van der Waals surface area contributed by atoms with Crippen molar-refractivity contribution < 1.29 is 8.42 Å². The van der Waals surface area contributed by atoms with Gasteiger partial charge in [0.1, 0.15) is 0 Å². The first-order valence-electron chi connectivity index (χ1n) is 7.69. The van der Waals surface area contributed by atoms with E-state index in [1.54, 1.807) is 0 Å². The number of hydrogen-bond acceptors (Lipinski definition) is 4. The normalized spacial score (nSPS) is 30.4. The molecular weight excluding hydrogens is 260 g/mol. The first kappa shape index (κ1) is 13.8. The summed E-state index contributed by atoms with van der Waals surface area (Å²) in [5.74, 6) is 2.61. The summed E-state index contributed by atoms with van der Waals surface area (Å²) in [6.45, 7) is 1.97. The minimum atomic E-state index is -2.75. The van der Waals surface area contributed by atoms with E-state index in [2.05, 4.69) is 17.3 Å². The van der Waals surface area contributed by atoms with E-state index >= 15 is 0 Å². The molecule has 0 aromatic heterocycles. The van der Waals surface area contributed by atoms with Crippen LogP contribution in [0.25, 0.3) is 0 Å². The molecule has 0 aromatic carbocycles. The van der Waals surface area contributed by atoms with E-state index in [1.807, 2.05) is 0 Å². The lowest BCUT2D eigenvalue weighted by Crippen LogP contribution is -2.41. The lowest BCUT2D eigenvalue weighted by atomic mass is 10.1. The Balaban J connectivity index is 1.39. The minimum absolute atomic E-state index is 0.243. The van der Waals surface area contributed by atoms with Crippen LogP contribution in [0.1, 0.15) is 32.1 Å². The van der Waals surface area contributed by atoms with Gasteiger partial charge < -0.3 is 10.2 Å². The second-order valence-corrected chi connectivity index (χ2v) is 8.92. The van der Waals surface area contributed by atoms with Gasteiger partial charge in [0, 0.05) is 25.2 Å². The number of nitrogens with one attached hydrogen (secondary N) is 1. The van der Waals surface area contributed by atoms with Crippen molar-refractivity contribution in [2.75, 3.05) is 31.6 Å². The lowest BCUT2D eigenvalue weighted by molar-refractivity contribution is 0.253. The summed E-state index contributed by atoms with van der Waals surface area (Å²) >= 11 is 0. The van der Waals surface area contributed by atoms with Crippen molar-refractivity contribution in [3.8, 4) is 0 Å². The highest BCUT2D eigenvalue weighted by atomic mass is 32.2. The van der Waals surface area contributed by atoms with Crippen molar-refractivity contribution >= 4 is 9.84 Å². The van der Waals surface area contributed by atoms with E-state index in [-0.39, 0.29) is 6.04 Å². The fourth-order valence-corrected chi connectivity index (χ4v) is 5.15. The van der Waals surface area contributed by atoms with E-state index < -0.39 is 9.84 Å². The predicted octanol–water partition coefficient (Wildman–Crippen LogP) is 0.884. The van der Waals surface area contributed by atoms with Crippen molar-refractivity contribution in [1.29, 1.82) is 0 Å². The molecular formula is C14H26N2O2S. The zero-order valence-corrected chi connectivity index (χ0v) is 12.7. The molecule has 1 N–H and O–H groups in total. The first-order valence-corrected chi connectivity index (χ1v) is 9.51. The zero-order valence-electron chi connectivity index (χ0n) is 11.8. The van der Waals surface area contributed by atoms with Gasteiger partial charge in [-0.05, 0) is 51.0 Å². The average Bonchev–Trinajstić information content (AvgIpc) is 3.23. The molecule has 1 aliphatic heterocycles. The van der Waals surface area contributed by atoms with Crippen molar-refractivity contribution in [3.63, 3.8) is 0 Å². The molecule has 1 unspecified atom stereocenters. The van der Waals surface area contributed by atoms with Crippen molar-refractivity contribution in [1.82, 2.24) is 10.2 Å². The third-order valence-corrected chi connectivity index (χ3v) is 6.69. The van der Waals surface area contributed by atoms with Gasteiger partial charge in [0.05, 0.1) is 11.5 Å². The van der Waals surface area contributed by atoms with E-state index in [0.29, 0.717) is 11.5 Å². The quantitative estimate of drug-likeness (QED) is 0.755. The molecule has 2 aliphatic carbocycles. The summed E-state index contributed by atoms with van der Waals surface area (Å²) < 4.78 is 23.0. The van der Waals surface area contributed by atoms with Gasteiger partial charge in [-0.2, -0.15) is 0 Å². The summed E-state index contributed by atoms with van der Waals surface area (Å²) in [4.78, 5) is 2.23. The molecule has 3 rings (SSSR count). The molecule has 4 nitrogen and oxygen atoms in total. The Morgan fingerprint density at radius 3 is 2.26 bits per heavy atom. The van der Waals surface area contributed by atoms with Crippen LogP contribution in [-0.2, 0) is 9.84 Å². The number of likely N-dealkylation sites (N-methyl/N-ethyl adjacent to an activating group) is 1. The Bertz CT molecular complexity index is 403.